The highest BCUT2D eigenvalue weighted by atomic mass is 32.1. The molecule has 0 bridgehead atoms. The first-order valence-electron chi connectivity index (χ1n) is 6.17. The van der Waals surface area contributed by atoms with E-state index in [9.17, 15) is 9.90 Å². The number of carboxylic acid groups (broad SMARTS) is 1. The number of nitrogens with one attached hydrogen (secondary N) is 1. The van der Waals surface area contributed by atoms with Gasteiger partial charge in [0.1, 0.15) is 16.5 Å². The van der Waals surface area contributed by atoms with Crippen LogP contribution in [-0.4, -0.2) is 22.5 Å². The molecule has 5 nitrogen and oxygen atoms in total. The summed E-state index contributed by atoms with van der Waals surface area (Å²) >= 11 is 1.66. The third-order valence-corrected chi connectivity index (χ3v) is 4.09. The normalized spacial score (nSPS) is 10.9. The standard InChI is InChI=1S/C13H17N3O2S/c1-7-8(2)19-13-11(7)12(15-9(3)16-13)14-6-4-5-10(17)18/h4-6H2,1-3H3,(H,17,18)(H,14,15,16)/p-1. The van der Waals surface area contributed by atoms with E-state index in [4.69, 9.17) is 0 Å². The van der Waals surface area contributed by atoms with Crippen LogP contribution in [0.2, 0.25) is 0 Å². The van der Waals surface area contributed by atoms with Crippen LogP contribution in [0.15, 0.2) is 0 Å². The largest absolute Gasteiger partial charge is 0.550 e. The molecule has 0 fully saturated rings. The number of aromatic nitrogens is 2. The van der Waals surface area contributed by atoms with Crippen LogP contribution in [0.3, 0.4) is 0 Å². The molecule has 2 aromatic heterocycles. The fourth-order valence-electron chi connectivity index (χ4n) is 1.92. The molecule has 19 heavy (non-hydrogen) atoms. The van der Waals surface area contributed by atoms with Gasteiger partial charge in [-0.05, 0) is 39.2 Å². The summed E-state index contributed by atoms with van der Waals surface area (Å²) in [6.07, 6.45) is 0.580. The monoisotopic (exact) mass is 278 g/mol. The molecular formula is C13H16N3O2S-. The van der Waals surface area contributed by atoms with Gasteiger partial charge in [0.15, 0.2) is 0 Å². The van der Waals surface area contributed by atoms with Gasteiger partial charge in [0.05, 0.1) is 5.39 Å². The molecule has 0 aliphatic carbocycles. The van der Waals surface area contributed by atoms with Crippen LogP contribution in [0.5, 0.6) is 0 Å². The number of hydrogen-bond donors (Lipinski definition) is 1. The van der Waals surface area contributed by atoms with Gasteiger partial charge in [0.25, 0.3) is 0 Å². The molecule has 2 rings (SSSR count). The van der Waals surface area contributed by atoms with Crippen molar-refractivity contribution < 1.29 is 9.90 Å². The average Bonchev–Trinajstić information content (AvgIpc) is 2.60. The van der Waals surface area contributed by atoms with Crippen molar-refractivity contribution in [2.45, 2.75) is 33.6 Å². The smallest absolute Gasteiger partial charge is 0.138 e. The maximum atomic E-state index is 10.4. The highest BCUT2D eigenvalue weighted by Gasteiger charge is 2.12. The molecule has 2 aromatic rings. The number of carbonyl (C=O) groups is 1. The molecule has 0 aliphatic rings. The Hall–Kier alpha value is -1.69. The molecule has 6 heteroatoms. The number of thiophene rings is 1. The fourth-order valence-corrected chi connectivity index (χ4v) is 3.00. The van der Waals surface area contributed by atoms with E-state index in [1.54, 1.807) is 11.3 Å². The molecule has 0 unspecified atom stereocenters. The first-order chi connectivity index (χ1) is 8.99. The minimum atomic E-state index is -1.02. The van der Waals surface area contributed by atoms with Gasteiger partial charge in [-0.15, -0.1) is 11.3 Å². The maximum Gasteiger partial charge on any atom is 0.138 e. The Balaban J connectivity index is 2.24. The first kappa shape index (κ1) is 13.7. The van der Waals surface area contributed by atoms with Crippen molar-refractivity contribution in [2.24, 2.45) is 0 Å². The summed E-state index contributed by atoms with van der Waals surface area (Å²) in [4.78, 5) is 21.4. The molecule has 0 saturated heterocycles. The number of aryl methyl sites for hydroxylation is 3. The van der Waals surface area contributed by atoms with Crippen molar-refractivity contribution >= 4 is 33.3 Å². The third kappa shape index (κ3) is 3.01. The van der Waals surface area contributed by atoms with Gasteiger partial charge in [-0.2, -0.15) is 0 Å². The molecule has 0 atom stereocenters. The summed E-state index contributed by atoms with van der Waals surface area (Å²) in [6.45, 7) is 6.54. The summed E-state index contributed by atoms with van der Waals surface area (Å²) in [5.41, 5.74) is 1.18. The van der Waals surface area contributed by atoms with Crippen molar-refractivity contribution in [3.63, 3.8) is 0 Å². The van der Waals surface area contributed by atoms with Gasteiger partial charge >= 0.3 is 0 Å². The summed E-state index contributed by atoms with van der Waals surface area (Å²) < 4.78 is 0. The zero-order valence-electron chi connectivity index (χ0n) is 11.2. The lowest BCUT2D eigenvalue weighted by atomic mass is 10.2. The first-order valence-corrected chi connectivity index (χ1v) is 6.98. The number of carboxylic acids is 1. The lowest BCUT2D eigenvalue weighted by molar-refractivity contribution is -0.305. The number of aliphatic carboxylic acids is 1. The van der Waals surface area contributed by atoms with Gasteiger partial charge < -0.3 is 15.2 Å². The number of anilines is 1. The molecule has 102 valence electrons. The quantitative estimate of drug-likeness (QED) is 0.840. The van der Waals surface area contributed by atoms with E-state index in [1.165, 1.54) is 10.4 Å². The summed E-state index contributed by atoms with van der Waals surface area (Å²) in [5.74, 6) is 0.493. The van der Waals surface area contributed by atoms with Gasteiger partial charge in [-0.1, -0.05) is 0 Å². The Morgan fingerprint density at radius 3 is 2.74 bits per heavy atom. The van der Waals surface area contributed by atoms with Gasteiger partial charge in [0.2, 0.25) is 0 Å². The van der Waals surface area contributed by atoms with E-state index < -0.39 is 5.97 Å². The Kier molecular flexibility index (Phi) is 3.99. The predicted octanol–water partition coefficient (Wildman–Crippen LogP) is 1.56. The highest BCUT2D eigenvalue weighted by molar-refractivity contribution is 7.18. The van der Waals surface area contributed by atoms with Crippen LogP contribution >= 0.6 is 11.3 Å². The third-order valence-electron chi connectivity index (χ3n) is 2.99. The maximum absolute atomic E-state index is 10.4. The second kappa shape index (κ2) is 5.52. The van der Waals surface area contributed by atoms with Gasteiger partial charge in [-0.3, -0.25) is 0 Å². The molecular weight excluding hydrogens is 262 g/mol. The van der Waals surface area contributed by atoms with Crippen LogP contribution in [-0.2, 0) is 4.79 Å². The number of nitrogens with zero attached hydrogens (tertiary/aromatic N) is 2. The van der Waals surface area contributed by atoms with E-state index in [0.717, 1.165) is 21.9 Å². The van der Waals surface area contributed by atoms with E-state index in [-0.39, 0.29) is 6.42 Å². The Morgan fingerprint density at radius 1 is 1.32 bits per heavy atom. The van der Waals surface area contributed by atoms with Crippen LogP contribution in [0.25, 0.3) is 10.2 Å². The molecule has 0 aliphatic heterocycles. The lowest BCUT2D eigenvalue weighted by Crippen LogP contribution is -2.22. The van der Waals surface area contributed by atoms with E-state index >= 15 is 0 Å². The minimum Gasteiger partial charge on any atom is -0.550 e. The second-order valence-corrected chi connectivity index (χ2v) is 5.69. The summed E-state index contributed by atoms with van der Waals surface area (Å²) in [7, 11) is 0. The molecule has 0 radical (unpaired) electrons. The average molecular weight is 278 g/mol. The van der Waals surface area contributed by atoms with Crippen LogP contribution < -0.4 is 10.4 Å². The van der Waals surface area contributed by atoms with Crippen molar-refractivity contribution in [3.8, 4) is 0 Å². The van der Waals surface area contributed by atoms with Crippen molar-refractivity contribution in [1.29, 1.82) is 0 Å². The molecule has 0 spiro atoms. The molecule has 0 saturated carbocycles. The Morgan fingerprint density at radius 2 is 2.05 bits per heavy atom. The van der Waals surface area contributed by atoms with Crippen LogP contribution in [0.1, 0.15) is 29.1 Å². The lowest BCUT2D eigenvalue weighted by Gasteiger charge is -2.08. The topological polar surface area (TPSA) is 77.9 Å². The number of carbonyl (C=O) groups excluding carboxylic acids is 1. The predicted molar refractivity (Wildman–Crippen MR) is 74.4 cm³/mol. The molecule has 0 amide bonds. The zero-order valence-corrected chi connectivity index (χ0v) is 12.1. The Labute approximate surface area is 115 Å². The van der Waals surface area contributed by atoms with Gasteiger partial charge in [-0.25, -0.2) is 9.97 Å². The summed E-state index contributed by atoms with van der Waals surface area (Å²) in [6, 6.07) is 0. The Bertz CT molecular complexity index is 622. The molecule has 2 heterocycles. The van der Waals surface area contributed by atoms with E-state index in [2.05, 4.69) is 29.1 Å². The van der Waals surface area contributed by atoms with Crippen LogP contribution in [0, 0.1) is 20.8 Å². The molecule has 0 aromatic carbocycles. The van der Waals surface area contributed by atoms with Crippen molar-refractivity contribution in [2.75, 3.05) is 11.9 Å². The number of fused-ring (bicyclic) bond motifs is 1. The van der Waals surface area contributed by atoms with E-state index in [1.807, 2.05) is 6.92 Å². The van der Waals surface area contributed by atoms with Gasteiger partial charge in [0, 0.05) is 17.4 Å². The number of hydrogen-bond acceptors (Lipinski definition) is 6. The van der Waals surface area contributed by atoms with Crippen molar-refractivity contribution in [3.05, 3.63) is 16.3 Å². The number of rotatable bonds is 5. The zero-order chi connectivity index (χ0) is 14.0. The molecule has 1 N–H and O–H groups in total. The highest BCUT2D eigenvalue weighted by Crippen LogP contribution is 2.33. The SMILES string of the molecule is Cc1nc(NCCCC(=O)[O-])c2c(C)c(C)sc2n1. The summed E-state index contributed by atoms with van der Waals surface area (Å²) in [5, 5.41) is 14.6. The van der Waals surface area contributed by atoms with Crippen molar-refractivity contribution in [1.82, 2.24) is 9.97 Å². The van der Waals surface area contributed by atoms with E-state index in [0.29, 0.717) is 13.0 Å². The minimum absolute atomic E-state index is 0.0574. The second-order valence-electron chi connectivity index (χ2n) is 4.49. The van der Waals surface area contributed by atoms with Crippen LogP contribution in [0.4, 0.5) is 5.82 Å². The fraction of sp³-hybridized carbons (Fsp3) is 0.462.